The first-order valence-corrected chi connectivity index (χ1v) is 6.60. The standard InChI is InChI=1S/C12H19BrN2/c1-3-11(6-7-13)15-9-12-10(2)5-4-8-14-12/h4-5,8,11,15H,3,6-7,9H2,1-2H3. The molecule has 0 radical (unpaired) electrons. The molecule has 0 aliphatic carbocycles. The molecular weight excluding hydrogens is 252 g/mol. The van der Waals surface area contributed by atoms with Gasteiger partial charge in [0.05, 0.1) is 5.69 Å². The highest BCUT2D eigenvalue weighted by Gasteiger charge is 2.05. The molecule has 84 valence electrons. The normalized spacial score (nSPS) is 12.7. The second-order valence-corrected chi connectivity index (χ2v) is 4.52. The van der Waals surface area contributed by atoms with Crippen molar-refractivity contribution in [2.24, 2.45) is 0 Å². The van der Waals surface area contributed by atoms with Crippen LogP contribution < -0.4 is 5.32 Å². The molecule has 0 amide bonds. The molecule has 1 aromatic rings. The minimum absolute atomic E-state index is 0.589. The van der Waals surface area contributed by atoms with Crippen LogP contribution in [0.1, 0.15) is 31.0 Å². The van der Waals surface area contributed by atoms with Crippen LogP contribution in [0, 0.1) is 6.92 Å². The van der Waals surface area contributed by atoms with Crippen LogP contribution in [0.15, 0.2) is 18.3 Å². The van der Waals surface area contributed by atoms with Gasteiger partial charge in [-0.2, -0.15) is 0 Å². The summed E-state index contributed by atoms with van der Waals surface area (Å²) in [6.45, 7) is 5.19. The first-order valence-electron chi connectivity index (χ1n) is 5.47. The molecule has 0 bridgehead atoms. The Hall–Kier alpha value is -0.410. The van der Waals surface area contributed by atoms with E-state index in [9.17, 15) is 0 Å². The molecule has 15 heavy (non-hydrogen) atoms. The van der Waals surface area contributed by atoms with Crippen LogP contribution in [0.4, 0.5) is 0 Å². The van der Waals surface area contributed by atoms with Crippen LogP contribution in [0.2, 0.25) is 0 Å². The first kappa shape index (κ1) is 12.7. The maximum atomic E-state index is 4.37. The monoisotopic (exact) mass is 270 g/mol. The quantitative estimate of drug-likeness (QED) is 0.804. The van der Waals surface area contributed by atoms with Gasteiger partial charge in [-0.25, -0.2) is 0 Å². The minimum Gasteiger partial charge on any atom is -0.308 e. The fourth-order valence-electron chi connectivity index (χ4n) is 1.53. The van der Waals surface area contributed by atoms with Crippen molar-refractivity contribution >= 4 is 15.9 Å². The second kappa shape index (κ2) is 6.96. The number of aromatic nitrogens is 1. The third-order valence-corrected chi connectivity index (χ3v) is 3.08. The highest BCUT2D eigenvalue weighted by Crippen LogP contribution is 2.05. The molecule has 2 nitrogen and oxygen atoms in total. The Balaban J connectivity index is 2.45. The zero-order valence-corrected chi connectivity index (χ0v) is 11.0. The molecule has 1 rings (SSSR count). The number of alkyl halides is 1. The van der Waals surface area contributed by atoms with E-state index in [1.165, 1.54) is 12.0 Å². The zero-order valence-electron chi connectivity index (χ0n) is 9.46. The van der Waals surface area contributed by atoms with Crippen LogP contribution in [0.25, 0.3) is 0 Å². The summed E-state index contributed by atoms with van der Waals surface area (Å²) in [7, 11) is 0. The lowest BCUT2D eigenvalue weighted by Crippen LogP contribution is -2.28. The largest absolute Gasteiger partial charge is 0.308 e. The van der Waals surface area contributed by atoms with Gasteiger partial charge in [-0.05, 0) is 31.4 Å². The Labute approximate surface area is 101 Å². The molecule has 3 heteroatoms. The molecule has 0 saturated carbocycles. The molecule has 0 spiro atoms. The predicted octanol–water partition coefficient (Wildman–Crippen LogP) is 3.04. The van der Waals surface area contributed by atoms with E-state index in [0.29, 0.717) is 6.04 Å². The fourth-order valence-corrected chi connectivity index (χ4v) is 2.08. The fraction of sp³-hybridized carbons (Fsp3) is 0.583. The van der Waals surface area contributed by atoms with E-state index in [1.807, 2.05) is 12.3 Å². The number of hydrogen-bond donors (Lipinski definition) is 1. The SMILES string of the molecule is CCC(CCBr)NCc1ncccc1C. The molecule has 0 fully saturated rings. The smallest absolute Gasteiger partial charge is 0.0570 e. The Bertz CT molecular complexity index is 289. The first-order chi connectivity index (χ1) is 7.27. The lowest BCUT2D eigenvalue weighted by molar-refractivity contribution is 0.483. The molecular formula is C12H19BrN2. The van der Waals surface area contributed by atoms with Crippen LogP contribution in [0.3, 0.4) is 0 Å². The van der Waals surface area contributed by atoms with Crippen molar-refractivity contribution in [1.82, 2.24) is 10.3 Å². The molecule has 1 unspecified atom stereocenters. The van der Waals surface area contributed by atoms with Crippen LogP contribution in [-0.4, -0.2) is 16.4 Å². The molecule has 0 aliphatic rings. The van der Waals surface area contributed by atoms with Gasteiger partial charge in [0.15, 0.2) is 0 Å². The number of rotatable bonds is 6. The maximum Gasteiger partial charge on any atom is 0.0570 e. The van der Waals surface area contributed by atoms with E-state index >= 15 is 0 Å². The second-order valence-electron chi connectivity index (χ2n) is 3.73. The number of aryl methyl sites for hydroxylation is 1. The average Bonchev–Trinajstić information content (AvgIpc) is 2.26. The summed E-state index contributed by atoms with van der Waals surface area (Å²) in [5.74, 6) is 0. The molecule has 1 aromatic heterocycles. The number of nitrogens with one attached hydrogen (secondary N) is 1. The van der Waals surface area contributed by atoms with E-state index in [4.69, 9.17) is 0 Å². The number of halogens is 1. The molecule has 0 saturated heterocycles. The zero-order chi connectivity index (χ0) is 11.1. The molecule has 1 heterocycles. The summed E-state index contributed by atoms with van der Waals surface area (Å²) in [6.07, 6.45) is 4.19. The number of hydrogen-bond acceptors (Lipinski definition) is 2. The number of pyridine rings is 1. The van der Waals surface area contributed by atoms with E-state index in [-0.39, 0.29) is 0 Å². The van der Waals surface area contributed by atoms with Gasteiger partial charge in [-0.15, -0.1) is 0 Å². The van der Waals surface area contributed by atoms with Crippen LogP contribution in [0.5, 0.6) is 0 Å². The van der Waals surface area contributed by atoms with Crippen molar-refractivity contribution in [3.63, 3.8) is 0 Å². The van der Waals surface area contributed by atoms with Gasteiger partial charge >= 0.3 is 0 Å². The van der Waals surface area contributed by atoms with Crippen molar-refractivity contribution in [2.45, 2.75) is 39.3 Å². The Morgan fingerprint density at radius 1 is 1.53 bits per heavy atom. The van der Waals surface area contributed by atoms with Crippen molar-refractivity contribution in [2.75, 3.05) is 5.33 Å². The van der Waals surface area contributed by atoms with Gasteiger partial charge in [0.25, 0.3) is 0 Å². The summed E-state index contributed by atoms with van der Waals surface area (Å²) in [5.41, 5.74) is 2.42. The summed E-state index contributed by atoms with van der Waals surface area (Å²) in [4.78, 5) is 4.37. The van der Waals surface area contributed by atoms with Gasteiger partial charge in [0.2, 0.25) is 0 Å². The van der Waals surface area contributed by atoms with Crippen LogP contribution in [-0.2, 0) is 6.54 Å². The lowest BCUT2D eigenvalue weighted by Gasteiger charge is -2.15. The van der Waals surface area contributed by atoms with Gasteiger partial charge in [0.1, 0.15) is 0 Å². The van der Waals surface area contributed by atoms with E-state index in [2.05, 4.69) is 46.1 Å². The third-order valence-electron chi connectivity index (χ3n) is 2.63. The topological polar surface area (TPSA) is 24.9 Å². The van der Waals surface area contributed by atoms with Gasteiger partial charge < -0.3 is 5.32 Å². The minimum atomic E-state index is 0.589. The Morgan fingerprint density at radius 2 is 2.33 bits per heavy atom. The maximum absolute atomic E-state index is 4.37. The van der Waals surface area contributed by atoms with Crippen molar-refractivity contribution < 1.29 is 0 Å². The average molecular weight is 271 g/mol. The number of nitrogens with zero attached hydrogens (tertiary/aromatic N) is 1. The Kier molecular flexibility index (Phi) is 5.88. The third kappa shape index (κ3) is 4.31. The summed E-state index contributed by atoms with van der Waals surface area (Å²) in [5, 5.41) is 4.59. The Morgan fingerprint density at radius 3 is 2.93 bits per heavy atom. The molecule has 1 atom stereocenters. The van der Waals surface area contributed by atoms with Gasteiger partial charge in [0, 0.05) is 24.1 Å². The van der Waals surface area contributed by atoms with Crippen molar-refractivity contribution in [3.05, 3.63) is 29.6 Å². The summed E-state index contributed by atoms with van der Waals surface area (Å²) < 4.78 is 0. The van der Waals surface area contributed by atoms with Crippen molar-refractivity contribution in [3.8, 4) is 0 Å². The summed E-state index contributed by atoms with van der Waals surface area (Å²) in [6, 6.07) is 4.68. The van der Waals surface area contributed by atoms with Gasteiger partial charge in [-0.3, -0.25) is 4.98 Å². The summed E-state index contributed by atoms with van der Waals surface area (Å²) >= 11 is 3.48. The highest BCUT2D eigenvalue weighted by molar-refractivity contribution is 9.09. The molecule has 1 N–H and O–H groups in total. The molecule has 0 aliphatic heterocycles. The van der Waals surface area contributed by atoms with E-state index in [1.54, 1.807) is 0 Å². The molecule has 0 aromatic carbocycles. The van der Waals surface area contributed by atoms with E-state index < -0.39 is 0 Å². The van der Waals surface area contributed by atoms with Crippen molar-refractivity contribution in [1.29, 1.82) is 0 Å². The highest BCUT2D eigenvalue weighted by atomic mass is 79.9. The van der Waals surface area contributed by atoms with E-state index in [0.717, 1.165) is 24.0 Å². The lowest BCUT2D eigenvalue weighted by atomic mass is 10.1. The van der Waals surface area contributed by atoms with Gasteiger partial charge in [-0.1, -0.05) is 28.9 Å². The van der Waals surface area contributed by atoms with Crippen LogP contribution >= 0.6 is 15.9 Å². The predicted molar refractivity (Wildman–Crippen MR) is 68.3 cm³/mol.